The van der Waals surface area contributed by atoms with E-state index < -0.39 is 20.0 Å². The lowest BCUT2D eigenvalue weighted by Crippen LogP contribution is -2.47. The van der Waals surface area contributed by atoms with E-state index in [1.165, 1.54) is 20.9 Å². The van der Waals surface area contributed by atoms with Gasteiger partial charge in [-0.05, 0) is 37.1 Å². The molecule has 0 saturated carbocycles. The monoisotopic (exact) mass is 449 g/mol. The summed E-state index contributed by atoms with van der Waals surface area (Å²) in [6.07, 6.45) is 4.96. The molecule has 0 aromatic carbocycles. The van der Waals surface area contributed by atoms with Gasteiger partial charge in [0.05, 0.1) is 6.26 Å². The maximum atomic E-state index is 13.0. The molecule has 2 aliphatic heterocycles. The van der Waals surface area contributed by atoms with Crippen LogP contribution in [0.1, 0.15) is 41.8 Å². The van der Waals surface area contributed by atoms with Crippen molar-refractivity contribution in [3.05, 3.63) is 16.3 Å². The quantitative estimate of drug-likeness (QED) is 0.678. The molecular weight excluding hydrogens is 422 g/mol. The summed E-state index contributed by atoms with van der Waals surface area (Å²) in [4.78, 5) is 15.0. The van der Waals surface area contributed by atoms with E-state index in [1.807, 2.05) is 0 Å². The van der Waals surface area contributed by atoms with Crippen molar-refractivity contribution in [1.82, 2.24) is 13.5 Å². The van der Waals surface area contributed by atoms with Crippen LogP contribution in [0.5, 0.6) is 0 Å². The molecule has 0 bridgehead atoms. The minimum Gasteiger partial charge on any atom is -0.338 e. The van der Waals surface area contributed by atoms with Gasteiger partial charge >= 0.3 is 0 Å². The van der Waals surface area contributed by atoms with Crippen LogP contribution in [0.25, 0.3) is 0 Å². The lowest BCUT2D eigenvalue weighted by atomic mass is 10.1. The van der Waals surface area contributed by atoms with Crippen LogP contribution in [0, 0.1) is 0 Å². The van der Waals surface area contributed by atoms with Gasteiger partial charge in [0.25, 0.3) is 5.91 Å². The summed E-state index contributed by atoms with van der Waals surface area (Å²) in [7, 11) is -5.39. The lowest BCUT2D eigenvalue weighted by Gasteiger charge is -2.35. The van der Waals surface area contributed by atoms with Crippen LogP contribution in [0.15, 0.2) is 16.3 Å². The highest BCUT2D eigenvalue weighted by molar-refractivity contribution is 7.89. The fourth-order valence-corrected chi connectivity index (χ4v) is 7.38. The van der Waals surface area contributed by atoms with Crippen molar-refractivity contribution in [2.24, 2.45) is 0 Å². The number of piperidine rings is 2. The lowest BCUT2D eigenvalue weighted by molar-refractivity contribution is 0.0687. The highest BCUT2D eigenvalue weighted by atomic mass is 32.2. The van der Waals surface area contributed by atoms with Gasteiger partial charge < -0.3 is 4.90 Å². The number of hydrogen-bond donors (Lipinski definition) is 0. The highest BCUT2D eigenvalue weighted by Gasteiger charge is 2.34. The van der Waals surface area contributed by atoms with Crippen molar-refractivity contribution in [3.8, 4) is 0 Å². The van der Waals surface area contributed by atoms with Gasteiger partial charge in [-0.3, -0.25) is 4.79 Å². The number of nitrogens with zero attached hydrogens (tertiary/aromatic N) is 3. The highest BCUT2D eigenvalue weighted by Crippen LogP contribution is 2.29. The zero-order valence-corrected chi connectivity index (χ0v) is 18.7. The maximum Gasteiger partial charge on any atom is 0.265 e. The Morgan fingerprint density at radius 1 is 1.07 bits per heavy atom. The third-order valence-corrected chi connectivity index (χ3v) is 9.86. The molecule has 158 valence electrons. The summed E-state index contributed by atoms with van der Waals surface area (Å²) in [5.74, 6) is -0.286. The number of carbonyl (C=O) groups is 1. The van der Waals surface area contributed by atoms with Gasteiger partial charge in [-0.25, -0.2) is 21.1 Å². The molecule has 0 atom stereocenters. The number of rotatable bonds is 5. The summed E-state index contributed by atoms with van der Waals surface area (Å²) in [6.45, 7) is 1.80. The van der Waals surface area contributed by atoms with Crippen molar-refractivity contribution in [2.75, 3.05) is 39.5 Å². The number of thiophene rings is 1. The van der Waals surface area contributed by atoms with Gasteiger partial charge in [-0.2, -0.15) is 4.31 Å². The first-order chi connectivity index (χ1) is 13.1. The van der Waals surface area contributed by atoms with E-state index in [1.54, 1.807) is 17.3 Å². The van der Waals surface area contributed by atoms with Crippen LogP contribution in [-0.4, -0.2) is 81.8 Å². The number of likely N-dealkylation sites (tertiary alicyclic amines) is 1. The van der Waals surface area contributed by atoms with Crippen LogP contribution in [0.2, 0.25) is 0 Å². The zero-order valence-electron chi connectivity index (χ0n) is 16.2. The van der Waals surface area contributed by atoms with E-state index in [0.29, 0.717) is 39.0 Å². The van der Waals surface area contributed by atoms with Gasteiger partial charge in [0.15, 0.2) is 0 Å². The van der Waals surface area contributed by atoms with E-state index in [-0.39, 0.29) is 21.7 Å². The van der Waals surface area contributed by atoms with Crippen molar-refractivity contribution < 1.29 is 21.6 Å². The molecule has 3 heterocycles. The second kappa shape index (κ2) is 8.39. The summed E-state index contributed by atoms with van der Waals surface area (Å²) >= 11 is 1.15. The molecule has 0 spiro atoms. The Hall–Kier alpha value is -1.01. The first kappa shape index (κ1) is 21.7. The Bertz CT molecular complexity index is 912. The SMILES string of the molecule is CN(C1CCN(C(=O)c2sccc2S(=O)(=O)N2CCCCC2)CC1)S(C)(=O)=O. The first-order valence-electron chi connectivity index (χ1n) is 9.42. The van der Waals surface area contributed by atoms with E-state index in [2.05, 4.69) is 0 Å². The smallest absolute Gasteiger partial charge is 0.265 e. The van der Waals surface area contributed by atoms with Gasteiger partial charge in [0.1, 0.15) is 9.77 Å². The zero-order chi connectivity index (χ0) is 20.5. The van der Waals surface area contributed by atoms with Crippen LogP contribution >= 0.6 is 11.3 Å². The minimum atomic E-state index is -3.67. The summed E-state index contributed by atoms with van der Waals surface area (Å²) in [5, 5.41) is 1.65. The van der Waals surface area contributed by atoms with Crippen LogP contribution in [-0.2, 0) is 20.0 Å². The Morgan fingerprint density at radius 2 is 1.68 bits per heavy atom. The normalized spacial score (nSPS) is 20.6. The topological polar surface area (TPSA) is 95.1 Å². The Kier molecular flexibility index (Phi) is 6.50. The Labute approximate surface area is 171 Å². The molecule has 8 nitrogen and oxygen atoms in total. The van der Waals surface area contributed by atoms with Gasteiger partial charge in [-0.15, -0.1) is 11.3 Å². The molecule has 1 aromatic heterocycles. The molecule has 0 radical (unpaired) electrons. The molecular formula is C17H27N3O5S3. The number of sulfonamides is 2. The van der Waals surface area contributed by atoms with Gasteiger partial charge in [0, 0.05) is 39.3 Å². The number of carbonyl (C=O) groups excluding carboxylic acids is 1. The van der Waals surface area contributed by atoms with Gasteiger partial charge in [-0.1, -0.05) is 6.42 Å². The average molecular weight is 450 g/mol. The van der Waals surface area contributed by atoms with Crippen molar-refractivity contribution >= 4 is 37.3 Å². The van der Waals surface area contributed by atoms with Crippen LogP contribution in [0.4, 0.5) is 0 Å². The molecule has 0 N–H and O–H groups in total. The fraction of sp³-hybridized carbons (Fsp3) is 0.706. The van der Waals surface area contributed by atoms with Crippen molar-refractivity contribution in [3.63, 3.8) is 0 Å². The summed E-state index contributed by atoms with van der Waals surface area (Å²) in [6, 6.07) is 1.38. The average Bonchev–Trinajstić information content (AvgIpc) is 3.17. The second-order valence-corrected chi connectivity index (χ2v) is 12.2. The molecule has 0 unspecified atom stereocenters. The molecule has 1 amide bonds. The molecule has 2 aliphatic rings. The van der Waals surface area contributed by atoms with Crippen molar-refractivity contribution in [2.45, 2.75) is 43.0 Å². The minimum absolute atomic E-state index is 0.0970. The predicted octanol–water partition coefficient (Wildman–Crippen LogP) is 1.42. The molecule has 3 rings (SSSR count). The molecule has 1 aromatic rings. The largest absolute Gasteiger partial charge is 0.338 e. The first-order valence-corrected chi connectivity index (χ1v) is 13.6. The fourth-order valence-electron chi connectivity index (χ4n) is 3.75. The molecule has 28 heavy (non-hydrogen) atoms. The Morgan fingerprint density at radius 3 is 2.25 bits per heavy atom. The van der Waals surface area contributed by atoms with E-state index >= 15 is 0 Å². The predicted molar refractivity (Wildman–Crippen MR) is 108 cm³/mol. The van der Waals surface area contributed by atoms with Crippen molar-refractivity contribution in [1.29, 1.82) is 0 Å². The van der Waals surface area contributed by atoms with Gasteiger partial charge in [0.2, 0.25) is 20.0 Å². The number of amides is 1. The summed E-state index contributed by atoms with van der Waals surface area (Å²) in [5.41, 5.74) is 0. The van der Waals surface area contributed by atoms with Crippen LogP contribution < -0.4 is 0 Å². The molecule has 11 heteroatoms. The molecule has 0 aliphatic carbocycles. The maximum absolute atomic E-state index is 13.0. The third-order valence-electron chi connectivity index (χ3n) is 5.55. The van der Waals surface area contributed by atoms with E-state index in [4.69, 9.17) is 0 Å². The van der Waals surface area contributed by atoms with Crippen LogP contribution in [0.3, 0.4) is 0 Å². The van der Waals surface area contributed by atoms with E-state index in [9.17, 15) is 21.6 Å². The second-order valence-electron chi connectivity index (χ2n) is 7.38. The summed E-state index contributed by atoms with van der Waals surface area (Å²) < 4.78 is 52.2. The third kappa shape index (κ3) is 4.43. The molecule has 2 fully saturated rings. The standard InChI is InChI=1S/C17H27N3O5S3/c1-18(27(2,22)23)14-6-11-19(12-7-14)17(21)16-15(8-13-26-16)28(24,25)20-9-4-3-5-10-20/h8,13-14H,3-7,9-12H2,1-2H3. The number of hydrogen-bond acceptors (Lipinski definition) is 6. The molecule has 2 saturated heterocycles. The van der Waals surface area contributed by atoms with E-state index in [0.717, 1.165) is 30.6 Å². The Balaban J connectivity index is 1.72.